The largest absolute Gasteiger partial charge is 0.494 e. The van der Waals surface area contributed by atoms with Gasteiger partial charge in [0.15, 0.2) is 23.3 Å². The number of aryl methyl sites for hydroxylation is 1. The van der Waals surface area contributed by atoms with Crippen LogP contribution in [0, 0.1) is 0 Å². The number of anilines is 1. The number of nitrogens with zero attached hydrogens (tertiary/aromatic N) is 2. The van der Waals surface area contributed by atoms with Crippen molar-refractivity contribution in [2.24, 2.45) is 0 Å². The molecule has 0 spiro atoms. The maximum absolute atomic E-state index is 13.1. The quantitative estimate of drug-likeness (QED) is 0.0988. The molecule has 1 unspecified atom stereocenters. The molecule has 0 N–H and O–H groups in total. The van der Waals surface area contributed by atoms with Crippen molar-refractivity contribution in [2.75, 3.05) is 32.3 Å². The third-order valence-corrected chi connectivity index (χ3v) is 11.8. The normalized spacial score (nSPS) is 17.7. The highest BCUT2D eigenvalue weighted by atomic mass is 79.9. The van der Waals surface area contributed by atoms with Crippen LogP contribution >= 0.6 is 27.3 Å². The van der Waals surface area contributed by atoms with Crippen LogP contribution in [-0.2, 0) is 25.5 Å². The van der Waals surface area contributed by atoms with E-state index in [0.717, 1.165) is 59.4 Å². The topological polar surface area (TPSA) is 148 Å². The summed E-state index contributed by atoms with van der Waals surface area (Å²) in [6, 6.07) is 7.84. The Morgan fingerprint density at radius 1 is 0.852 bits per heavy atom. The van der Waals surface area contributed by atoms with Crippen molar-refractivity contribution in [3.8, 4) is 21.9 Å². The first-order chi connectivity index (χ1) is 26.0. The maximum atomic E-state index is 13.1. The van der Waals surface area contributed by atoms with Gasteiger partial charge in [-0.05, 0) is 98.6 Å². The summed E-state index contributed by atoms with van der Waals surface area (Å²) in [5.74, 6) is -1.47. The van der Waals surface area contributed by atoms with Crippen LogP contribution < -0.4 is 19.8 Å². The molecular weight excluding hydrogens is 780 g/mol. The highest BCUT2D eigenvalue weighted by Gasteiger charge is 2.50. The van der Waals surface area contributed by atoms with Crippen LogP contribution in [0.3, 0.4) is 0 Å². The number of hydrogen-bond acceptors (Lipinski definition) is 12. The zero-order chi connectivity index (χ0) is 38.4. The number of pyridine rings is 1. The van der Waals surface area contributed by atoms with Crippen molar-refractivity contribution in [3.63, 3.8) is 0 Å². The zero-order valence-corrected chi connectivity index (χ0v) is 32.7. The average molecular weight is 820 g/mol. The minimum atomic E-state index is -1.23. The number of ether oxygens (including phenoxy) is 4. The van der Waals surface area contributed by atoms with Gasteiger partial charge in [0.1, 0.15) is 5.56 Å². The average Bonchev–Trinajstić information content (AvgIpc) is 4.11. The summed E-state index contributed by atoms with van der Waals surface area (Å²) in [5.41, 5.74) is 2.82. The molecule has 0 bridgehead atoms. The fraction of sp³-hybridized carbons (Fsp3) is 0.400. The van der Waals surface area contributed by atoms with Gasteiger partial charge in [0.25, 0.3) is 0 Å². The number of methoxy groups -OCH3 is 2. The van der Waals surface area contributed by atoms with Crippen LogP contribution in [0.2, 0.25) is 0 Å². The molecule has 2 fully saturated rings. The van der Waals surface area contributed by atoms with Gasteiger partial charge in [-0.2, -0.15) is 0 Å². The molecule has 2 saturated carbocycles. The Morgan fingerprint density at radius 2 is 1.54 bits per heavy atom. The molecule has 3 heterocycles. The SMILES string of the molecule is CCOC(=O)C1C(=O)C(=O)c2ccc(Br)c(OC)c2N1C1CC1.CCOC(=O)c1cn(C2CC2)c2c(OC)c(-c3cc4c(s3)CCCC4=O)ccc2c1=O. The number of ketones is 3. The standard InChI is InChI=1S/C24H23NO5S.C16H16BrNO5/c1-3-30-24(28)17-12-25(13-7-8-13)21-15(22(17)27)10-9-14(23(21)29-2)20-11-16-18(26)5-4-6-19(16)31-20;1-3-23-16(21)12-14(20)13(19)9-6-7-10(17)15(22-2)11(9)18(12)8-4-5-8/h9-13H,3-8H2,1-2H3;6-8,12H,3-5H2,1-2H3. The molecule has 14 heteroatoms. The summed E-state index contributed by atoms with van der Waals surface area (Å²) in [5, 5.41) is 0.440. The molecule has 4 aromatic rings. The van der Waals surface area contributed by atoms with E-state index in [1.165, 1.54) is 7.11 Å². The first-order valence-electron chi connectivity index (χ1n) is 18.0. The van der Waals surface area contributed by atoms with Crippen molar-refractivity contribution in [1.29, 1.82) is 0 Å². The van der Waals surface area contributed by atoms with Crippen LogP contribution in [0.1, 0.15) is 94.4 Å². The third kappa shape index (κ3) is 6.63. The number of esters is 2. The highest BCUT2D eigenvalue weighted by Crippen LogP contribution is 2.48. The molecule has 3 aliphatic carbocycles. The van der Waals surface area contributed by atoms with E-state index >= 15 is 0 Å². The number of hydrogen-bond donors (Lipinski definition) is 0. The lowest BCUT2D eigenvalue weighted by Gasteiger charge is -2.36. The Morgan fingerprint density at radius 3 is 2.17 bits per heavy atom. The first-order valence-corrected chi connectivity index (χ1v) is 19.6. The van der Waals surface area contributed by atoms with Gasteiger partial charge >= 0.3 is 11.9 Å². The summed E-state index contributed by atoms with van der Waals surface area (Å²) in [6.07, 6.45) is 7.69. The molecule has 54 heavy (non-hydrogen) atoms. The Balaban J connectivity index is 0.000000175. The molecule has 282 valence electrons. The Hall–Kier alpha value is -4.82. The summed E-state index contributed by atoms with van der Waals surface area (Å²) in [6.45, 7) is 3.75. The molecule has 0 radical (unpaired) electrons. The molecule has 0 saturated heterocycles. The number of Topliss-reactive ketones (excluding diaryl/α,β-unsaturated/α-hetero) is 3. The highest BCUT2D eigenvalue weighted by molar-refractivity contribution is 9.10. The Bertz CT molecular complexity index is 2290. The van der Waals surface area contributed by atoms with Crippen molar-refractivity contribution >= 4 is 73.1 Å². The zero-order valence-electron chi connectivity index (χ0n) is 30.3. The van der Waals surface area contributed by atoms with Gasteiger partial charge in [0.2, 0.25) is 17.0 Å². The van der Waals surface area contributed by atoms with Crippen LogP contribution in [0.4, 0.5) is 5.69 Å². The second-order valence-electron chi connectivity index (χ2n) is 13.5. The molecule has 4 aliphatic rings. The van der Waals surface area contributed by atoms with Gasteiger partial charge in [-0.3, -0.25) is 19.2 Å². The van der Waals surface area contributed by atoms with Gasteiger partial charge in [-0.15, -0.1) is 11.3 Å². The van der Waals surface area contributed by atoms with E-state index in [1.54, 1.807) is 61.6 Å². The smallest absolute Gasteiger partial charge is 0.343 e. The van der Waals surface area contributed by atoms with Gasteiger partial charge < -0.3 is 28.4 Å². The van der Waals surface area contributed by atoms with Gasteiger partial charge in [0.05, 0.1) is 54.1 Å². The lowest BCUT2D eigenvalue weighted by atomic mass is 9.92. The fourth-order valence-electron chi connectivity index (χ4n) is 7.22. The molecule has 2 aromatic carbocycles. The van der Waals surface area contributed by atoms with E-state index in [2.05, 4.69) is 15.9 Å². The molecule has 0 amide bonds. The number of rotatable bonds is 9. The van der Waals surface area contributed by atoms with Crippen molar-refractivity contribution in [2.45, 2.75) is 76.9 Å². The first kappa shape index (κ1) is 37.5. The number of thiophene rings is 1. The molecule has 1 atom stereocenters. The Labute approximate surface area is 323 Å². The number of carbonyl (C=O) groups is 5. The van der Waals surface area contributed by atoms with Crippen LogP contribution in [0.5, 0.6) is 11.5 Å². The van der Waals surface area contributed by atoms with E-state index in [4.69, 9.17) is 18.9 Å². The van der Waals surface area contributed by atoms with E-state index in [-0.39, 0.29) is 47.6 Å². The maximum Gasteiger partial charge on any atom is 0.343 e. The summed E-state index contributed by atoms with van der Waals surface area (Å²) in [7, 11) is 3.09. The van der Waals surface area contributed by atoms with Crippen LogP contribution in [0.15, 0.2) is 45.8 Å². The number of halogens is 1. The second-order valence-corrected chi connectivity index (χ2v) is 15.5. The van der Waals surface area contributed by atoms with Gasteiger partial charge in [-0.25, -0.2) is 9.59 Å². The number of aromatic nitrogens is 1. The summed E-state index contributed by atoms with van der Waals surface area (Å²) < 4.78 is 24.0. The molecule has 2 aromatic heterocycles. The summed E-state index contributed by atoms with van der Waals surface area (Å²) >= 11 is 5.01. The second kappa shape index (κ2) is 15.1. The lowest BCUT2D eigenvalue weighted by molar-refractivity contribution is -0.147. The predicted molar refractivity (Wildman–Crippen MR) is 206 cm³/mol. The van der Waals surface area contributed by atoms with E-state index < -0.39 is 29.5 Å². The van der Waals surface area contributed by atoms with Crippen molar-refractivity contribution in [3.05, 3.63) is 72.8 Å². The fourth-order valence-corrected chi connectivity index (χ4v) is 8.95. The van der Waals surface area contributed by atoms with Gasteiger partial charge in [-0.1, -0.05) is 0 Å². The van der Waals surface area contributed by atoms with E-state index in [9.17, 15) is 28.8 Å². The monoisotopic (exact) mass is 818 g/mol. The third-order valence-electron chi connectivity index (χ3n) is 9.96. The predicted octanol–water partition coefficient (Wildman–Crippen LogP) is 6.89. The molecule has 1 aliphatic heterocycles. The van der Waals surface area contributed by atoms with E-state index in [1.807, 2.05) is 16.7 Å². The van der Waals surface area contributed by atoms with Crippen molar-refractivity contribution < 1.29 is 42.9 Å². The van der Waals surface area contributed by atoms with E-state index in [0.29, 0.717) is 39.0 Å². The lowest BCUT2D eigenvalue weighted by Crippen LogP contribution is -2.55. The van der Waals surface area contributed by atoms with Crippen LogP contribution in [-0.4, -0.2) is 73.4 Å². The molecular formula is C40H39BrN2O10S. The minimum absolute atomic E-state index is 0.0309. The number of benzene rings is 2. The summed E-state index contributed by atoms with van der Waals surface area (Å²) in [4.78, 5) is 78.9. The number of carbonyl (C=O) groups excluding carboxylic acids is 5. The Kier molecular flexibility index (Phi) is 10.5. The van der Waals surface area contributed by atoms with Crippen molar-refractivity contribution in [1.82, 2.24) is 4.57 Å². The number of fused-ring (bicyclic) bond motifs is 3. The van der Waals surface area contributed by atoms with Crippen LogP contribution in [0.25, 0.3) is 21.3 Å². The minimum Gasteiger partial charge on any atom is -0.494 e. The molecule has 8 rings (SSSR count). The molecule has 12 nitrogen and oxygen atoms in total. The van der Waals surface area contributed by atoms with Gasteiger partial charge in [0, 0.05) is 45.6 Å².